The van der Waals surface area contributed by atoms with Gasteiger partial charge in [-0.05, 0) is 30.0 Å². The Kier molecular flexibility index (Phi) is 4.81. The molecule has 0 spiro atoms. The van der Waals surface area contributed by atoms with Crippen LogP contribution < -0.4 is 0 Å². The lowest BCUT2D eigenvalue weighted by Crippen LogP contribution is -2.44. The molecule has 4 heteroatoms. The summed E-state index contributed by atoms with van der Waals surface area (Å²) in [5.41, 5.74) is 2.83. The summed E-state index contributed by atoms with van der Waals surface area (Å²) in [7, 11) is 0. The van der Waals surface area contributed by atoms with Gasteiger partial charge in [-0.25, -0.2) is 0 Å². The predicted octanol–water partition coefficient (Wildman–Crippen LogP) is 3.58. The van der Waals surface area contributed by atoms with Gasteiger partial charge in [0, 0.05) is 24.6 Å². The third-order valence-corrected chi connectivity index (χ3v) is 5.02. The molecule has 4 nitrogen and oxygen atoms in total. The molecule has 2 heterocycles. The van der Waals surface area contributed by atoms with Crippen molar-refractivity contribution in [3.63, 3.8) is 0 Å². The first kappa shape index (κ1) is 16.3. The molecule has 4 rings (SSSR count). The second-order valence-corrected chi connectivity index (χ2v) is 6.68. The van der Waals surface area contributed by atoms with Crippen molar-refractivity contribution < 1.29 is 14.3 Å². The maximum absolute atomic E-state index is 13.2. The highest BCUT2D eigenvalue weighted by Crippen LogP contribution is 2.29. The number of rotatable bonds is 3. The van der Waals surface area contributed by atoms with E-state index in [1.165, 1.54) is 0 Å². The van der Waals surface area contributed by atoms with Crippen molar-refractivity contribution in [3.05, 3.63) is 60.2 Å². The normalized spacial score (nSPS) is 21.4. The average molecular weight is 337 g/mol. The monoisotopic (exact) mass is 337 g/mol. The second kappa shape index (κ2) is 7.38. The minimum Gasteiger partial charge on any atom is -0.350 e. The number of nitrogens with zero attached hydrogens (tertiary/aromatic N) is 1. The van der Waals surface area contributed by atoms with Crippen molar-refractivity contribution in [1.82, 2.24) is 4.90 Å². The van der Waals surface area contributed by atoms with Crippen molar-refractivity contribution in [1.29, 1.82) is 0 Å². The standard InChI is InChI=1S/C21H23NO3/c23-20(22-12-6-9-17(15-22)21-24-13-14-25-21)19-11-5-4-10-18(19)16-7-2-1-3-8-16/h1-5,7-8,10-11,17,21H,6,9,12-15H2. The van der Waals surface area contributed by atoms with Gasteiger partial charge in [0.25, 0.3) is 5.91 Å². The molecule has 0 N–H and O–H groups in total. The Morgan fingerprint density at radius 1 is 0.960 bits per heavy atom. The SMILES string of the molecule is O=C(c1ccccc1-c1ccccc1)N1CCCC(C2OCCO2)C1. The van der Waals surface area contributed by atoms with Crippen molar-refractivity contribution in [3.8, 4) is 11.1 Å². The summed E-state index contributed by atoms with van der Waals surface area (Å²) in [6.45, 7) is 2.82. The molecule has 2 saturated heterocycles. The number of likely N-dealkylation sites (tertiary alicyclic amines) is 1. The molecule has 1 unspecified atom stereocenters. The zero-order valence-corrected chi connectivity index (χ0v) is 14.3. The van der Waals surface area contributed by atoms with Gasteiger partial charge in [-0.3, -0.25) is 4.79 Å². The second-order valence-electron chi connectivity index (χ2n) is 6.68. The van der Waals surface area contributed by atoms with Gasteiger partial charge in [-0.15, -0.1) is 0 Å². The molecule has 0 bridgehead atoms. The largest absolute Gasteiger partial charge is 0.350 e. The quantitative estimate of drug-likeness (QED) is 0.859. The van der Waals surface area contributed by atoms with E-state index >= 15 is 0 Å². The number of ether oxygens (including phenoxy) is 2. The summed E-state index contributed by atoms with van der Waals surface area (Å²) >= 11 is 0. The number of carbonyl (C=O) groups excluding carboxylic acids is 1. The molecule has 25 heavy (non-hydrogen) atoms. The smallest absolute Gasteiger partial charge is 0.254 e. The lowest BCUT2D eigenvalue weighted by Gasteiger charge is -2.35. The molecular weight excluding hydrogens is 314 g/mol. The molecule has 1 atom stereocenters. The molecule has 130 valence electrons. The number of carbonyl (C=O) groups is 1. The molecule has 1 amide bonds. The van der Waals surface area contributed by atoms with E-state index in [2.05, 4.69) is 0 Å². The molecule has 0 saturated carbocycles. The first-order chi connectivity index (χ1) is 12.3. The fourth-order valence-electron chi connectivity index (χ4n) is 3.77. The fourth-order valence-corrected chi connectivity index (χ4v) is 3.77. The van der Waals surface area contributed by atoms with Crippen molar-refractivity contribution in [2.24, 2.45) is 5.92 Å². The van der Waals surface area contributed by atoms with E-state index in [1.54, 1.807) is 0 Å². The summed E-state index contributed by atoms with van der Waals surface area (Å²) in [5, 5.41) is 0. The Morgan fingerprint density at radius 3 is 2.48 bits per heavy atom. The van der Waals surface area contributed by atoms with Crippen LogP contribution in [0.25, 0.3) is 11.1 Å². The molecule has 2 aliphatic rings. The molecule has 0 radical (unpaired) electrons. The average Bonchev–Trinajstić information content (AvgIpc) is 3.23. The number of benzene rings is 2. The first-order valence-corrected chi connectivity index (χ1v) is 9.00. The van der Waals surface area contributed by atoms with Crippen LogP contribution in [-0.4, -0.2) is 43.4 Å². The van der Waals surface area contributed by atoms with Crippen molar-refractivity contribution >= 4 is 5.91 Å². The Labute approximate surface area is 148 Å². The van der Waals surface area contributed by atoms with Gasteiger partial charge in [-0.2, -0.15) is 0 Å². The van der Waals surface area contributed by atoms with Gasteiger partial charge in [0.2, 0.25) is 0 Å². The number of amides is 1. The maximum atomic E-state index is 13.2. The Morgan fingerprint density at radius 2 is 1.68 bits per heavy atom. The van der Waals surface area contributed by atoms with Crippen LogP contribution in [0.4, 0.5) is 0 Å². The van der Waals surface area contributed by atoms with Crippen LogP contribution in [0.2, 0.25) is 0 Å². The third kappa shape index (κ3) is 3.46. The van der Waals surface area contributed by atoms with E-state index in [-0.39, 0.29) is 18.1 Å². The third-order valence-electron chi connectivity index (χ3n) is 5.02. The van der Waals surface area contributed by atoms with E-state index in [9.17, 15) is 4.79 Å². The molecule has 0 aromatic heterocycles. The minimum atomic E-state index is -0.153. The van der Waals surface area contributed by atoms with Gasteiger partial charge >= 0.3 is 0 Å². The lowest BCUT2D eigenvalue weighted by molar-refractivity contribution is -0.0969. The highest BCUT2D eigenvalue weighted by molar-refractivity contribution is 6.00. The van der Waals surface area contributed by atoms with Gasteiger partial charge in [0.15, 0.2) is 6.29 Å². The maximum Gasteiger partial charge on any atom is 0.254 e. The summed E-state index contributed by atoms with van der Waals surface area (Å²) in [6.07, 6.45) is 1.89. The number of piperidine rings is 1. The molecule has 2 aliphatic heterocycles. The number of hydrogen-bond acceptors (Lipinski definition) is 3. The Bertz CT molecular complexity index is 725. The Hall–Kier alpha value is -2.17. The van der Waals surface area contributed by atoms with Crippen LogP contribution in [0.15, 0.2) is 54.6 Å². The van der Waals surface area contributed by atoms with Gasteiger partial charge in [0.1, 0.15) is 0 Å². The van der Waals surface area contributed by atoms with Crippen molar-refractivity contribution in [2.45, 2.75) is 19.1 Å². The molecule has 2 fully saturated rings. The van der Waals surface area contributed by atoms with Gasteiger partial charge in [-0.1, -0.05) is 48.5 Å². The first-order valence-electron chi connectivity index (χ1n) is 9.00. The van der Waals surface area contributed by atoms with Crippen LogP contribution in [0.3, 0.4) is 0 Å². The molecule has 2 aromatic rings. The summed E-state index contributed by atoms with van der Waals surface area (Å²) in [4.78, 5) is 15.2. The van der Waals surface area contributed by atoms with Gasteiger partial charge < -0.3 is 14.4 Å². The van der Waals surface area contributed by atoms with Crippen LogP contribution >= 0.6 is 0 Å². The van der Waals surface area contributed by atoms with Crippen LogP contribution in [0.1, 0.15) is 23.2 Å². The molecular formula is C21H23NO3. The predicted molar refractivity (Wildman–Crippen MR) is 96.2 cm³/mol. The van der Waals surface area contributed by atoms with E-state index in [0.29, 0.717) is 19.8 Å². The molecule has 2 aromatic carbocycles. The Balaban J connectivity index is 1.56. The summed E-state index contributed by atoms with van der Waals surface area (Å²) in [6, 6.07) is 18.0. The van der Waals surface area contributed by atoms with Crippen LogP contribution in [-0.2, 0) is 9.47 Å². The highest BCUT2D eigenvalue weighted by atomic mass is 16.7. The van der Waals surface area contributed by atoms with E-state index < -0.39 is 0 Å². The zero-order chi connectivity index (χ0) is 17.1. The summed E-state index contributed by atoms with van der Waals surface area (Å²) < 4.78 is 11.3. The van der Waals surface area contributed by atoms with E-state index in [1.807, 2.05) is 59.5 Å². The fraction of sp³-hybridized carbons (Fsp3) is 0.381. The van der Waals surface area contributed by atoms with E-state index in [4.69, 9.17) is 9.47 Å². The molecule has 0 aliphatic carbocycles. The van der Waals surface area contributed by atoms with Crippen LogP contribution in [0.5, 0.6) is 0 Å². The topological polar surface area (TPSA) is 38.8 Å². The zero-order valence-electron chi connectivity index (χ0n) is 14.3. The van der Waals surface area contributed by atoms with Crippen LogP contribution in [0, 0.1) is 5.92 Å². The van der Waals surface area contributed by atoms with E-state index in [0.717, 1.165) is 36.1 Å². The highest BCUT2D eigenvalue weighted by Gasteiger charge is 2.33. The lowest BCUT2D eigenvalue weighted by atomic mass is 9.94. The minimum absolute atomic E-state index is 0.0992. The van der Waals surface area contributed by atoms with Crippen molar-refractivity contribution in [2.75, 3.05) is 26.3 Å². The van der Waals surface area contributed by atoms with Gasteiger partial charge in [0.05, 0.1) is 13.2 Å². The number of hydrogen-bond donors (Lipinski definition) is 0. The summed E-state index contributed by atoms with van der Waals surface area (Å²) in [5.74, 6) is 0.367.